The quantitative estimate of drug-likeness (QED) is 0.903. The summed E-state index contributed by atoms with van der Waals surface area (Å²) < 4.78 is 38.1. The fourth-order valence-electron chi connectivity index (χ4n) is 3.84. The van der Waals surface area contributed by atoms with Gasteiger partial charge in [0.1, 0.15) is 0 Å². The van der Waals surface area contributed by atoms with E-state index in [0.29, 0.717) is 12.1 Å². The Morgan fingerprint density at radius 1 is 1.08 bits per heavy atom. The Morgan fingerprint density at radius 3 is 2.44 bits per heavy atom. The second kappa shape index (κ2) is 5.59. The number of benzene rings is 2. The lowest BCUT2D eigenvalue weighted by molar-refractivity contribution is -0.137. The standard InChI is InChI=1S/C19H17F3N2O/c20-19(21,22)14-7-5-13(6-8-14)11-24-16-4-2-1-3-15(16)18(17(24)25)9-10-23-12-18/h1-8,23H,9-12H2. The van der Waals surface area contributed by atoms with E-state index in [0.717, 1.165) is 36.3 Å². The van der Waals surface area contributed by atoms with E-state index in [1.165, 1.54) is 12.1 Å². The van der Waals surface area contributed by atoms with E-state index < -0.39 is 17.2 Å². The van der Waals surface area contributed by atoms with Crippen molar-refractivity contribution in [3.63, 3.8) is 0 Å². The smallest absolute Gasteiger partial charge is 0.315 e. The summed E-state index contributed by atoms with van der Waals surface area (Å²) in [4.78, 5) is 14.8. The summed E-state index contributed by atoms with van der Waals surface area (Å²) in [6.07, 6.45) is -3.61. The molecule has 0 radical (unpaired) electrons. The average Bonchev–Trinajstić information content (AvgIpc) is 3.17. The Morgan fingerprint density at radius 2 is 1.80 bits per heavy atom. The first-order valence-corrected chi connectivity index (χ1v) is 8.20. The summed E-state index contributed by atoms with van der Waals surface area (Å²) in [5.41, 5.74) is 1.33. The molecule has 2 aliphatic rings. The van der Waals surface area contributed by atoms with Crippen LogP contribution < -0.4 is 10.2 Å². The number of anilines is 1. The maximum atomic E-state index is 13.1. The largest absolute Gasteiger partial charge is 0.416 e. The van der Waals surface area contributed by atoms with Crippen LogP contribution in [0.1, 0.15) is 23.1 Å². The maximum Gasteiger partial charge on any atom is 0.416 e. The summed E-state index contributed by atoms with van der Waals surface area (Å²) in [6, 6.07) is 12.7. The zero-order valence-corrected chi connectivity index (χ0v) is 13.4. The molecule has 6 heteroatoms. The van der Waals surface area contributed by atoms with Crippen molar-refractivity contribution in [2.75, 3.05) is 18.0 Å². The van der Waals surface area contributed by atoms with Crippen LogP contribution in [-0.2, 0) is 22.9 Å². The molecule has 1 amide bonds. The number of para-hydroxylation sites is 1. The third-order valence-electron chi connectivity index (χ3n) is 5.14. The van der Waals surface area contributed by atoms with Gasteiger partial charge in [0.15, 0.2) is 0 Å². The molecule has 2 aromatic rings. The predicted molar refractivity (Wildman–Crippen MR) is 88.2 cm³/mol. The van der Waals surface area contributed by atoms with E-state index in [9.17, 15) is 18.0 Å². The molecule has 130 valence electrons. The van der Waals surface area contributed by atoms with Crippen molar-refractivity contribution in [3.8, 4) is 0 Å². The Balaban J connectivity index is 1.66. The van der Waals surface area contributed by atoms with Crippen LogP contribution >= 0.6 is 0 Å². The molecule has 25 heavy (non-hydrogen) atoms. The van der Waals surface area contributed by atoms with E-state index >= 15 is 0 Å². The highest BCUT2D eigenvalue weighted by molar-refractivity contribution is 6.08. The Bertz CT molecular complexity index is 808. The second-order valence-electron chi connectivity index (χ2n) is 6.61. The summed E-state index contributed by atoms with van der Waals surface area (Å²) in [5, 5.41) is 3.26. The van der Waals surface area contributed by atoms with Gasteiger partial charge in [0.25, 0.3) is 0 Å². The van der Waals surface area contributed by atoms with Gasteiger partial charge in [0, 0.05) is 12.2 Å². The zero-order valence-electron chi connectivity index (χ0n) is 13.4. The number of alkyl halides is 3. The van der Waals surface area contributed by atoms with Crippen molar-refractivity contribution in [2.24, 2.45) is 0 Å². The van der Waals surface area contributed by atoms with E-state index in [1.54, 1.807) is 4.90 Å². The van der Waals surface area contributed by atoms with Crippen molar-refractivity contribution in [1.29, 1.82) is 0 Å². The van der Waals surface area contributed by atoms with Crippen LogP contribution in [0.25, 0.3) is 0 Å². The number of rotatable bonds is 2. The molecule has 0 bridgehead atoms. The lowest BCUT2D eigenvalue weighted by Crippen LogP contribution is -2.41. The normalized spacial score (nSPS) is 22.7. The molecule has 0 aliphatic carbocycles. The highest BCUT2D eigenvalue weighted by Gasteiger charge is 2.52. The van der Waals surface area contributed by atoms with Crippen molar-refractivity contribution in [2.45, 2.75) is 24.6 Å². The molecule has 1 fully saturated rings. The molecule has 0 saturated carbocycles. The van der Waals surface area contributed by atoms with Gasteiger partial charge in [-0.3, -0.25) is 4.79 Å². The molecular formula is C19H17F3N2O. The number of carbonyl (C=O) groups excluding carboxylic acids is 1. The van der Waals surface area contributed by atoms with Crippen LogP contribution in [0.4, 0.5) is 18.9 Å². The summed E-state index contributed by atoms with van der Waals surface area (Å²) in [6.45, 7) is 1.66. The lowest BCUT2D eigenvalue weighted by atomic mass is 9.81. The lowest BCUT2D eigenvalue weighted by Gasteiger charge is -2.23. The summed E-state index contributed by atoms with van der Waals surface area (Å²) >= 11 is 0. The van der Waals surface area contributed by atoms with E-state index in [1.807, 2.05) is 24.3 Å². The highest BCUT2D eigenvalue weighted by atomic mass is 19.4. The van der Waals surface area contributed by atoms with Crippen molar-refractivity contribution >= 4 is 11.6 Å². The number of nitrogens with one attached hydrogen (secondary N) is 1. The van der Waals surface area contributed by atoms with Gasteiger partial charge >= 0.3 is 6.18 Å². The van der Waals surface area contributed by atoms with Gasteiger partial charge in [0.05, 0.1) is 17.5 Å². The first-order chi connectivity index (χ1) is 11.9. The van der Waals surface area contributed by atoms with Crippen LogP contribution in [-0.4, -0.2) is 19.0 Å². The van der Waals surface area contributed by atoms with Crippen LogP contribution in [0.3, 0.4) is 0 Å². The SMILES string of the molecule is O=C1N(Cc2ccc(C(F)(F)F)cc2)c2ccccc2C12CCNC2. The van der Waals surface area contributed by atoms with Crippen LogP contribution in [0.5, 0.6) is 0 Å². The van der Waals surface area contributed by atoms with Gasteiger partial charge in [-0.15, -0.1) is 0 Å². The van der Waals surface area contributed by atoms with Crippen LogP contribution in [0, 0.1) is 0 Å². The average molecular weight is 346 g/mol. The number of fused-ring (bicyclic) bond motifs is 2. The van der Waals surface area contributed by atoms with Gasteiger partial charge in [-0.25, -0.2) is 0 Å². The molecule has 2 heterocycles. The van der Waals surface area contributed by atoms with Crippen molar-refractivity contribution in [1.82, 2.24) is 5.32 Å². The first-order valence-electron chi connectivity index (χ1n) is 8.20. The predicted octanol–water partition coefficient (Wildman–Crippen LogP) is 3.48. The van der Waals surface area contributed by atoms with Crippen LogP contribution in [0.15, 0.2) is 48.5 Å². The fourth-order valence-corrected chi connectivity index (χ4v) is 3.84. The minimum atomic E-state index is -4.35. The van der Waals surface area contributed by atoms with Gasteiger partial charge in [-0.1, -0.05) is 30.3 Å². The number of nitrogens with zero attached hydrogens (tertiary/aromatic N) is 1. The molecule has 4 rings (SSSR count). The minimum Gasteiger partial charge on any atom is -0.315 e. The number of hydrogen-bond donors (Lipinski definition) is 1. The van der Waals surface area contributed by atoms with Crippen molar-refractivity contribution in [3.05, 3.63) is 65.2 Å². The van der Waals surface area contributed by atoms with Gasteiger partial charge in [-0.05, 0) is 42.3 Å². The maximum absolute atomic E-state index is 13.1. The molecule has 1 N–H and O–H groups in total. The topological polar surface area (TPSA) is 32.3 Å². The Hall–Kier alpha value is -2.34. The minimum absolute atomic E-state index is 0.0265. The van der Waals surface area contributed by atoms with Gasteiger partial charge in [0.2, 0.25) is 5.91 Å². The molecule has 1 spiro atoms. The second-order valence-corrected chi connectivity index (χ2v) is 6.61. The summed E-state index contributed by atoms with van der Waals surface area (Å²) in [7, 11) is 0. The zero-order chi connectivity index (χ0) is 17.7. The summed E-state index contributed by atoms with van der Waals surface area (Å²) in [5.74, 6) is 0.0265. The molecule has 2 aromatic carbocycles. The first kappa shape index (κ1) is 16.1. The monoisotopic (exact) mass is 346 g/mol. The third-order valence-corrected chi connectivity index (χ3v) is 5.14. The third kappa shape index (κ3) is 2.52. The molecule has 1 atom stereocenters. The van der Waals surface area contributed by atoms with E-state index in [-0.39, 0.29) is 12.5 Å². The number of amides is 1. The van der Waals surface area contributed by atoms with E-state index in [2.05, 4.69) is 5.32 Å². The molecule has 1 unspecified atom stereocenters. The Kier molecular flexibility index (Phi) is 3.61. The van der Waals surface area contributed by atoms with Gasteiger partial charge in [-0.2, -0.15) is 13.2 Å². The molecular weight excluding hydrogens is 329 g/mol. The molecule has 1 saturated heterocycles. The highest BCUT2D eigenvalue weighted by Crippen LogP contribution is 2.45. The number of hydrogen-bond acceptors (Lipinski definition) is 2. The molecule has 2 aliphatic heterocycles. The van der Waals surface area contributed by atoms with Crippen molar-refractivity contribution < 1.29 is 18.0 Å². The fraction of sp³-hybridized carbons (Fsp3) is 0.316. The number of carbonyl (C=O) groups is 1. The number of halogens is 3. The van der Waals surface area contributed by atoms with E-state index in [4.69, 9.17) is 0 Å². The molecule has 0 aromatic heterocycles. The van der Waals surface area contributed by atoms with Gasteiger partial charge < -0.3 is 10.2 Å². The Labute approximate surface area is 143 Å². The van der Waals surface area contributed by atoms with Crippen LogP contribution in [0.2, 0.25) is 0 Å². The molecule has 3 nitrogen and oxygen atoms in total.